The second kappa shape index (κ2) is 24.5. The highest BCUT2D eigenvalue weighted by Crippen LogP contribution is 2.39. The van der Waals surface area contributed by atoms with Crippen molar-refractivity contribution in [3.63, 3.8) is 0 Å². The van der Waals surface area contributed by atoms with E-state index >= 15 is 0 Å². The van der Waals surface area contributed by atoms with Gasteiger partial charge in [-0.2, -0.15) is 26.3 Å². The lowest BCUT2D eigenvalue weighted by atomic mass is 9.86. The largest absolute Gasteiger partial charge is 0.532 e. The Morgan fingerprint density at radius 2 is 1.07 bits per heavy atom. The Bertz CT molecular complexity index is 2750. The molecule has 384 valence electrons. The molecule has 7 aromatic rings. The number of thiazole rings is 3. The van der Waals surface area contributed by atoms with Crippen molar-refractivity contribution in [2.45, 2.75) is 51.2 Å². The van der Waals surface area contributed by atoms with Gasteiger partial charge in [0.25, 0.3) is 0 Å². The van der Waals surface area contributed by atoms with Gasteiger partial charge < -0.3 is 47.5 Å². The number of rotatable bonds is 4. The summed E-state index contributed by atoms with van der Waals surface area (Å²) < 4.78 is 118. The van der Waals surface area contributed by atoms with E-state index in [4.69, 9.17) is 32.4 Å². The topological polar surface area (TPSA) is 130 Å². The zero-order chi connectivity index (χ0) is 51.0. The van der Waals surface area contributed by atoms with Gasteiger partial charge in [-0.25, -0.2) is 15.0 Å². The van der Waals surface area contributed by atoms with Gasteiger partial charge in [-0.3, -0.25) is 0 Å². The van der Waals surface area contributed by atoms with Crippen LogP contribution in [0.1, 0.15) is 38.8 Å². The molecular weight excluding hydrogens is 1200 g/mol. The van der Waals surface area contributed by atoms with Crippen LogP contribution in [0.15, 0.2) is 86.6 Å². The zero-order valence-electron chi connectivity index (χ0n) is 38.6. The number of aromatic nitrogens is 3. The molecule has 4 aliphatic heterocycles. The van der Waals surface area contributed by atoms with Gasteiger partial charge in [0.15, 0.2) is 19.9 Å². The number of benzene rings is 2. The molecule has 11 rings (SSSR count). The summed E-state index contributed by atoms with van der Waals surface area (Å²) in [4.78, 5) is 17.2. The molecule has 71 heavy (non-hydrogen) atoms. The van der Waals surface area contributed by atoms with E-state index in [1.807, 2.05) is 43.8 Å². The van der Waals surface area contributed by atoms with Gasteiger partial charge in [-0.15, -0.1) is 34.0 Å². The van der Waals surface area contributed by atoms with Gasteiger partial charge in [0.1, 0.15) is 31.7 Å². The Hall–Kier alpha value is -3.15. The third-order valence-electron chi connectivity index (χ3n) is 11.3. The first-order valence-electron chi connectivity index (χ1n) is 22.0. The highest BCUT2D eigenvalue weighted by atomic mass is 79.9. The molecule has 4 saturated heterocycles. The monoisotopic (exact) mass is 1240 g/mol. The van der Waals surface area contributed by atoms with E-state index in [2.05, 4.69) is 77.9 Å². The Balaban J connectivity index is 0.000000143. The molecule has 0 radical (unpaired) electrons. The second-order valence-electron chi connectivity index (χ2n) is 16.8. The summed E-state index contributed by atoms with van der Waals surface area (Å²) in [5.41, 5.74) is -1.15. The maximum Gasteiger partial charge on any atom is 0.532 e. The number of morpholine rings is 3. The summed E-state index contributed by atoms with van der Waals surface area (Å²) in [6, 6.07) is 10.3. The van der Waals surface area contributed by atoms with Crippen molar-refractivity contribution >= 4 is 127 Å². The Morgan fingerprint density at radius 3 is 1.51 bits per heavy atom. The quantitative estimate of drug-likeness (QED) is 0.133. The molecule has 13 nitrogen and oxygen atoms in total. The molecule has 9 heterocycles. The Labute approximate surface area is 443 Å². The zero-order valence-corrected chi connectivity index (χ0v) is 45.8. The number of nitrogens with one attached hydrogen (secondary N) is 1. The summed E-state index contributed by atoms with van der Waals surface area (Å²) >= 11 is 14.5. The van der Waals surface area contributed by atoms with Gasteiger partial charge in [0.05, 0.1) is 62.0 Å². The molecule has 0 atom stereocenters. The van der Waals surface area contributed by atoms with Crippen LogP contribution >= 0.6 is 81.8 Å². The minimum Gasteiger partial charge on any atom is -0.465 e. The van der Waals surface area contributed by atoms with Gasteiger partial charge in [-0.1, -0.05) is 12.1 Å². The lowest BCUT2D eigenvalue weighted by Gasteiger charge is -2.32. The van der Waals surface area contributed by atoms with Crippen molar-refractivity contribution in [3.05, 3.63) is 88.9 Å². The summed E-state index contributed by atoms with van der Waals surface area (Å²) in [6.45, 7) is 17.9. The molecule has 5 aromatic heterocycles. The molecule has 0 unspecified atom stereocenters. The fourth-order valence-electron chi connectivity index (χ4n) is 6.81. The standard InChI is InChI=1S/C16H13F3N2O2S.C15H16BF3O3.C7H9BrN2OS.C4H9NO.C3HBr2NS/c17-16(18,19)11-2-1-10-7-14(23-13(10)8-11)12-9-24-15(20-12)21-3-5-22-6-4-21;1-13(2)14(3,4)22-16(21-13)12-7-9-5-6-10(15(17,18)19)8-11(9)20-12;8-6-5-12-7(9-6)10-1-3-11-4-2-10;1-3-6-4-2-5-1;4-2-1-7-3(5)6-2/h1-2,7-9H,3-6H2;5-8H,1-4H3;5H,1-4H2;5H,1-4H2;1H. The van der Waals surface area contributed by atoms with Crippen molar-refractivity contribution in [2.75, 3.05) is 88.7 Å². The van der Waals surface area contributed by atoms with Crippen LogP contribution in [0, 0.1) is 0 Å². The number of hydrogen-bond donors (Lipinski definition) is 1. The number of alkyl halides is 6. The van der Waals surface area contributed by atoms with Gasteiger partial charge >= 0.3 is 19.5 Å². The molecule has 0 spiro atoms. The Kier molecular flexibility index (Phi) is 19.2. The number of halogens is 9. The molecule has 0 saturated carbocycles. The van der Waals surface area contributed by atoms with E-state index < -0.39 is 41.8 Å². The molecule has 0 aliphatic carbocycles. The fraction of sp³-hybridized carbons (Fsp3) is 0.444. The number of anilines is 2. The molecule has 26 heteroatoms. The molecule has 0 bridgehead atoms. The van der Waals surface area contributed by atoms with E-state index in [0.29, 0.717) is 41.1 Å². The first-order chi connectivity index (χ1) is 33.6. The molecule has 0 amide bonds. The maximum atomic E-state index is 12.8. The SMILES string of the molecule is Brc1csc(Br)n1.Brc1csc(N2CCOCC2)n1.C1COCCN1.CC1(C)OB(c2cc3ccc(C(F)(F)F)cc3o2)OC1(C)C.FC(F)(F)c1ccc2cc(-c3csc(N4CCOCC4)n3)oc2c1. The predicted molar refractivity (Wildman–Crippen MR) is 276 cm³/mol. The third-order valence-corrected chi connectivity index (χ3v) is 15.9. The van der Waals surface area contributed by atoms with Gasteiger partial charge in [0.2, 0.25) is 0 Å². The molecule has 4 fully saturated rings. The second-order valence-corrected chi connectivity index (χ2v) is 22.2. The van der Waals surface area contributed by atoms with Crippen LogP contribution in [0.5, 0.6) is 0 Å². The smallest absolute Gasteiger partial charge is 0.465 e. The highest BCUT2D eigenvalue weighted by molar-refractivity contribution is 9.11. The highest BCUT2D eigenvalue weighted by Gasteiger charge is 2.53. The van der Waals surface area contributed by atoms with Gasteiger partial charge in [-0.05, 0) is 112 Å². The summed E-state index contributed by atoms with van der Waals surface area (Å²) in [5.74, 6) is 0.472. The number of fused-ring (bicyclic) bond motifs is 2. The van der Waals surface area contributed by atoms with Crippen molar-refractivity contribution in [2.24, 2.45) is 0 Å². The van der Waals surface area contributed by atoms with Crippen LogP contribution in [0.2, 0.25) is 0 Å². The Morgan fingerprint density at radius 1 is 0.592 bits per heavy atom. The average molecular weight is 1250 g/mol. The summed E-state index contributed by atoms with van der Waals surface area (Å²) in [6.07, 6.45) is -8.78. The lowest BCUT2D eigenvalue weighted by Crippen LogP contribution is -2.41. The summed E-state index contributed by atoms with van der Waals surface area (Å²) in [7, 11) is -0.730. The third kappa shape index (κ3) is 15.5. The van der Waals surface area contributed by atoms with E-state index in [-0.39, 0.29) is 11.2 Å². The maximum absolute atomic E-state index is 12.8. The number of furan rings is 2. The van der Waals surface area contributed by atoms with Crippen molar-refractivity contribution in [1.82, 2.24) is 20.3 Å². The van der Waals surface area contributed by atoms with Crippen molar-refractivity contribution < 1.29 is 58.7 Å². The predicted octanol–water partition coefficient (Wildman–Crippen LogP) is 12.2. The van der Waals surface area contributed by atoms with Gasteiger partial charge in [0, 0.05) is 66.2 Å². The first kappa shape index (κ1) is 55.6. The molecule has 4 aliphatic rings. The number of hydrogen-bond acceptors (Lipinski definition) is 16. The first-order valence-corrected chi connectivity index (χ1v) is 27.0. The van der Waals surface area contributed by atoms with Crippen LogP contribution in [0.4, 0.5) is 36.6 Å². The number of nitrogens with zero attached hydrogens (tertiary/aromatic N) is 5. The van der Waals surface area contributed by atoms with Crippen molar-refractivity contribution in [3.8, 4) is 11.5 Å². The van der Waals surface area contributed by atoms with Crippen LogP contribution in [-0.2, 0) is 35.9 Å². The van der Waals surface area contributed by atoms with Crippen molar-refractivity contribution in [1.29, 1.82) is 0 Å². The lowest BCUT2D eigenvalue weighted by molar-refractivity contribution is -0.138. The van der Waals surface area contributed by atoms with E-state index in [0.717, 1.165) is 113 Å². The van der Waals surface area contributed by atoms with Crippen LogP contribution in [0.25, 0.3) is 33.4 Å². The normalized spacial score (nSPS) is 17.9. The summed E-state index contributed by atoms with van der Waals surface area (Å²) in [5, 5.41) is 12.1. The van der Waals surface area contributed by atoms with Crippen LogP contribution in [-0.4, -0.2) is 112 Å². The van der Waals surface area contributed by atoms with Crippen LogP contribution in [0.3, 0.4) is 0 Å². The van der Waals surface area contributed by atoms with E-state index in [1.165, 1.54) is 23.5 Å². The fourth-order valence-corrected chi connectivity index (χ4v) is 10.7. The minimum atomic E-state index is -4.40. The van der Waals surface area contributed by atoms with E-state index in [9.17, 15) is 26.3 Å². The van der Waals surface area contributed by atoms with Crippen LogP contribution < -0.4 is 20.8 Å². The van der Waals surface area contributed by atoms with E-state index in [1.54, 1.807) is 34.8 Å². The molecule has 1 N–H and O–H groups in total. The number of ether oxygens (including phenoxy) is 3. The molecule has 2 aromatic carbocycles. The average Bonchev–Trinajstić information content (AvgIpc) is 4.22. The minimum absolute atomic E-state index is 0.166. The molecular formula is C45H48BBr3F6N6O7S3.